The van der Waals surface area contributed by atoms with E-state index in [0.717, 1.165) is 60.7 Å². The molecule has 0 unspecified atom stereocenters. The van der Waals surface area contributed by atoms with Crippen LogP contribution in [-0.4, -0.2) is 50.1 Å². The van der Waals surface area contributed by atoms with Crippen molar-refractivity contribution in [2.75, 3.05) is 39.7 Å². The van der Waals surface area contributed by atoms with Gasteiger partial charge in [0.1, 0.15) is 17.2 Å². The molecule has 1 amide bonds. The number of hydrogen-bond donors (Lipinski definition) is 5. The van der Waals surface area contributed by atoms with E-state index in [1.165, 1.54) is 18.7 Å². The van der Waals surface area contributed by atoms with Gasteiger partial charge in [0.25, 0.3) is 5.91 Å². The van der Waals surface area contributed by atoms with Crippen LogP contribution in [-0.2, 0) is 17.8 Å². The summed E-state index contributed by atoms with van der Waals surface area (Å²) in [7, 11) is 4.77. The van der Waals surface area contributed by atoms with Crippen molar-refractivity contribution >= 4 is 11.6 Å². The van der Waals surface area contributed by atoms with Gasteiger partial charge in [0.2, 0.25) is 0 Å². The Labute approximate surface area is 261 Å². The van der Waals surface area contributed by atoms with Gasteiger partial charge in [0.05, 0.1) is 37.1 Å². The normalized spacial score (nSPS) is 13.4. The lowest BCUT2D eigenvalue weighted by atomic mass is 9.89. The van der Waals surface area contributed by atoms with Crippen LogP contribution in [0.1, 0.15) is 50.1 Å². The summed E-state index contributed by atoms with van der Waals surface area (Å²) in [6, 6.07) is 18.2. The van der Waals surface area contributed by atoms with Gasteiger partial charge < -0.3 is 37.3 Å². The Kier molecular flexibility index (Phi) is 12.5. The van der Waals surface area contributed by atoms with E-state index in [0.29, 0.717) is 17.4 Å². The second-order valence-electron chi connectivity index (χ2n) is 10.3. The SMILES string of the molecule is CC.CCCc1cccc(CN2CC(c3ccc(-c4cccc(N/C(C=C(N)N)=C(/N)C(=O)NC)c4OC)cc3OC)C2)n1. The van der Waals surface area contributed by atoms with E-state index in [4.69, 9.17) is 31.7 Å². The number of aromatic nitrogens is 1. The van der Waals surface area contributed by atoms with Gasteiger partial charge >= 0.3 is 0 Å². The minimum absolute atomic E-state index is 0.00404. The van der Waals surface area contributed by atoms with Crippen LogP contribution in [0.15, 0.2) is 77.9 Å². The minimum atomic E-state index is -0.471. The van der Waals surface area contributed by atoms with E-state index < -0.39 is 5.91 Å². The molecule has 0 aliphatic carbocycles. The van der Waals surface area contributed by atoms with Gasteiger partial charge in [0.15, 0.2) is 0 Å². The smallest absolute Gasteiger partial charge is 0.269 e. The number of benzene rings is 2. The number of rotatable bonds is 12. The first-order valence-electron chi connectivity index (χ1n) is 15.0. The lowest BCUT2D eigenvalue weighted by molar-refractivity contribution is -0.117. The molecule has 1 aromatic heterocycles. The second-order valence-corrected chi connectivity index (χ2v) is 10.3. The molecule has 0 radical (unpaired) electrons. The lowest BCUT2D eigenvalue weighted by Gasteiger charge is -2.40. The van der Waals surface area contributed by atoms with E-state index in [-0.39, 0.29) is 17.2 Å². The van der Waals surface area contributed by atoms with Gasteiger partial charge in [-0.2, -0.15) is 0 Å². The van der Waals surface area contributed by atoms with Crippen LogP contribution in [0.2, 0.25) is 0 Å². The monoisotopic (exact) mass is 601 g/mol. The number of amides is 1. The molecule has 2 heterocycles. The van der Waals surface area contributed by atoms with Gasteiger partial charge in [0, 0.05) is 49.9 Å². The third-order valence-electron chi connectivity index (χ3n) is 7.26. The molecule has 10 heteroatoms. The molecule has 3 aromatic rings. The van der Waals surface area contributed by atoms with E-state index in [9.17, 15) is 4.79 Å². The van der Waals surface area contributed by atoms with Crippen LogP contribution in [0.3, 0.4) is 0 Å². The van der Waals surface area contributed by atoms with Crippen molar-refractivity contribution in [1.29, 1.82) is 0 Å². The predicted molar refractivity (Wildman–Crippen MR) is 178 cm³/mol. The summed E-state index contributed by atoms with van der Waals surface area (Å²) >= 11 is 0. The van der Waals surface area contributed by atoms with Crippen LogP contribution in [0, 0.1) is 0 Å². The zero-order chi connectivity index (χ0) is 32.2. The third kappa shape index (κ3) is 8.23. The lowest BCUT2D eigenvalue weighted by Crippen LogP contribution is -2.44. The number of hydrogen-bond acceptors (Lipinski definition) is 9. The third-order valence-corrected chi connectivity index (χ3v) is 7.26. The molecule has 10 nitrogen and oxygen atoms in total. The van der Waals surface area contributed by atoms with Gasteiger partial charge in [-0.3, -0.25) is 14.7 Å². The average Bonchev–Trinajstić information content (AvgIpc) is 3.02. The highest BCUT2D eigenvalue weighted by atomic mass is 16.5. The van der Waals surface area contributed by atoms with Gasteiger partial charge in [-0.25, -0.2) is 0 Å². The molecule has 0 bridgehead atoms. The highest BCUT2D eigenvalue weighted by Gasteiger charge is 2.30. The van der Waals surface area contributed by atoms with Gasteiger partial charge in [-0.1, -0.05) is 57.5 Å². The van der Waals surface area contributed by atoms with Crippen molar-refractivity contribution in [2.45, 2.75) is 46.1 Å². The molecule has 8 N–H and O–H groups in total. The zero-order valence-electron chi connectivity index (χ0n) is 26.7. The van der Waals surface area contributed by atoms with Crippen LogP contribution in [0.4, 0.5) is 5.69 Å². The Balaban J connectivity index is 0.00000259. The molecule has 1 aliphatic rings. The number of nitrogens with one attached hydrogen (secondary N) is 2. The summed E-state index contributed by atoms with van der Waals surface area (Å²) in [5.74, 6) is 1.28. The number of pyridine rings is 1. The van der Waals surface area contributed by atoms with Crippen molar-refractivity contribution in [1.82, 2.24) is 15.2 Å². The Bertz CT molecular complexity index is 1480. The highest BCUT2D eigenvalue weighted by Crippen LogP contribution is 2.41. The average molecular weight is 602 g/mol. The van der Waals surface area contributed by atoms with E-state index in [1.54, 1.807) is 14.2 Å². The molecule has 2 aromatic carbocycles. The van der Waals surface area contributed by atoms with Gasteiger partial charge in [-0.05, 0) is 41.8 Å². The van der Waals surface area contributed by atoms with Crippen molar-refractivity contribution in [3.05, 3.63) is 94.8 Å². The topological polar surface area (TPSA) is 154 Å². The number of likely N-dealkylation sites (tertiary alicyclic amines) is 1. The number of para-hydroxylation sites is 1. The van der Waals surface area contributed by atoms with Crippen molar-refractivity contribution in [3.63, 3.8) is 0 Å². The standard InChI is InChI=1S/C32H41N7O3.C2H6/c1-5-8-22-9-6-10-23(37-22)19-39-17-21(18-39)24-14-13-20(15-28(24)41-3)25-11-7-12-26(31(25)42-4)38-27(16-29(33)34)30(35)32(40)36-2;1-2/h6-7,9-16,21,38H,5,8,17-19,33-35H2,1-4H3,(H,36,40);1-2H3/b30-27+;. The van der Waals surface area contributed by atoms with Gasteiger partial charge in [-0.15, -0.1) is 0 Å². The largest absolute Gasteiger partial charge is 0.496 e. The molecule has 236 valence electrons. The second kappa shape index (κ2) is 16.2. The Morgan fingerprint density at radius 2 is 1.73 bits per heavy atom. The first kappa shape index (κ1) is 33.8. The maximum atomic E-state index is 12.2. The quantitative estimate of drug-likeness (QED) is 0.150. The molecule has 1 saturated heterocycles. The first-order valence-corrected chi connectivity index (χ1v) is 15.0. The van der Waals surface area contributed by atoms with E-state index in [1.807, 2.05) is 38.1 Å². The van der Waals surface area contributed by atoms with E-state index in [2.05, 4.69) is 52.8 Å². The number of methoxy groups -OCH3 is 2. The maximum Gasteiger partial charge on any atom is 0.269 e. The van der Waals surface area contributed by atoms with Crippen molar-refractivity contribution in [3.8, 4) is 22.6 Å². The van der Waals surface area contributed by atoms with E-state index >= 15 is 0 Å². The van der Waals surface area contributed by atoms with Crippen molar-refractivity contribution < 1.29 is 14.3 Å². The van der Waals surface area contributed by atoms with Crippen LogP contribution < -0.4 is 37.3 Å². The first-order chi connectivity index (χ1) is 21.3. The van der Waals surface area contributed by atoms with Crippen molar-refractivity contribution in [2.24, 2.45) is 17.2 Å². The summed E-state index contributed by atoms with van der Waals surface area (Å²) in [5.41, 5.74) is 23.4. The number of carbonyl (C=O) groups excluding carboxylic acids is 1. The maximum absolute atomic E-state index is 12.2. The highest BCUT2D eigenvalue weighted by molar-refractivity contribution is 5.94. The number of carbonyl (C=O) groups is 1. The number of nitrogens with zero attached hydrogens (tertiary/aromatic N) is 2. The molecule has 0 atom stereocenters. The molecule has 1 aliphatic heterocycles. The summed E-state index contributed by atoms with van der Waals surface area (Å²) in [6.45, 7) is 8.90. The zero-order valence-corrected chi connectivity index (χ0v) is 26.7. The Morgan fingerprint density at radius 3 is 2.36 bits per heavy atom. The minimum Gasteiger partial charge on any atom is -0.496 e. The molecule has 0 spiro atoms. The molecule has 0 saturated carbocycles. The van der Waals surface area contributed by atoms with Crippen LogP contribution in [0.25, 0.3) is 11.1 Å². The summed E-state index contributed by atoms with van der Waals surface area (Å²) in [6.07, 6.45) is 3.50. The Morgan fingerprint density at radius 1 is 1.02 bits per heavy atom. The number of anilines is 1. The fourth-order valence-electron chi connectivity index (χ4n) is 5.19. The fraction of sp³-hybridized carbons (Fsp3) is 0.353. The molecule has 1 fully saturated rings. The Hall–Kier alpha value is -4.70. The van der Waals surface area contributed by atoms with Crippen LogP contribution >= 0.6 is 0 Å². The predicted octanol–water partition coefficient (Wildman–Crippen LogP) is 4.43. The molecule has 44 heavy (non-hydrogen) atoms. The van der Waals surface area contributed by atoms with Crippen LogP contribution in [0.5, 0.6) is 11.5 Å². The summed E-state index contributed by atoms with van der Waals surface area (Å²) < 4.78 is 11.7. The molecular formula is C34H47N7O3. The number of nitrogens with two attached hydrogens (primary N) is 3. The molecular weight excluding hydrogens is 554 g/mol. The number of likely N-dealkylation sites (N-methyl/N-ethyl adjacent to an activating group) is 1. The summed E-state index contributed by atoms with van der Waals surface area (Å²) in [5, 5.41) is 5.66. The number of ether oxygens (including phenoxy) is 2. The molecule has 4 rings (SSSR count). The number of aryl methyl sites for hydroxylation is 1. The number of allylic oxidation sites excluding steroid dienone is 1. The fourth-order valence-corrected chi connectivity index (χ4v) is 5.19. The summed E-state index contributed by atoms with van der Waals surface area (Å²) in [4.78, 5) is 19.4.